The topological polar surface area (TPSA) is 99.1 Å². The molecule has 0 aromatic carbocycles. The molecular weight excluding hydrogens is 182 g/mol. The van der Waals surface area contributed by atoms with Gasteiger partial charge >= 0.3 is 0 Å². The van der Waals surface area contributed by atoms with E-state index in [1.807, 2.05) is 0 Å². The van der Waals surface area contributed by atoms with E-state index in [2.05, 4.69) is 4.98 Å². The molecular formula is C9H10N3O2. The van der Waals surface area contributed by atoms with E-state index in [4.69, 9.17) is 11.5 Å². The number of carbonyl (C=O) groups is 2. The molecule has 0 saturated carbocycles. The lowest BCUT2D eigenvalue weighted by atomic mass is 10.1. The van der Waals surface area contributed by atoms with Gasteiger partial charge in [0.1, 0.15) is 5.69 Å². The van der Waals surface area contributed by atoms with Crippen LogP contribution in [0.25, 0.3) is 0 Å². The maximum Gasteiger partial charge on any atom is 0.267 e. The van der Waals surface area contributed by atoms with Crippen molar-refractivity contribution in [2.75, 3.05) is 0 Å². The zero-order valence-electron chi connectivity index (χ0n) is 7.43. The summed E-state index contributed by atoms with van der Waals surface area (Å²) < 4.78 is 0. The Morgan fingerprint density at radius 2 is 2.14 bits per heavy atom. The van der Waals surface area contributed by atoms with Crippen LogP contribution in [-0.2, 0) is 11.2 Å². The van der Waals surface area contributed by atoms with Gasteiger partial charge < -0.3 is 11.5 Å². The van der Waals surface area contributed by atoms with Gasteiger partial charge in [-0.1, -0.05) is 0 Å². The van der Waals surface area contributed by atoms with Crippen LogP contribution in [0.1, 0.15) is 16.1 Å². The molecule has 5 heteroatoms. The molecule has 0 fully saturated rings. The van der Waals surface area contributed by atoms with E-state index < -0.39 is 11.8 Å². The van der Waals surface area contributed by atoms with E-state index in [-0.39, 0.29) is 5.69 Å². The Labute approximate surface area is 81.1 Å². The molecule has 4 N–H and O–H groups in total. The molecule has 0 spiro atoms. The van der Waals surface area contributed by atoms with Gasteiger partial charge in [-0.05, 0) is 24.1 Å². The third kappa shape index (κ3) is 2.85. The quantitative estimate of drug-likeness (QED) is 0.667. The van der Waals surface area contributed by atoms with E-state index in [1.54, 1.807) is 6.07 Å². The minimum absolute atomic E-state index is 0.181. The van der Waals surface area contributed by atoms with Gasteiger partial charge in [-0.15, -0.1) is 0 Å². The van der Waals surface area contributed by atoms with Crippen molar-refractivity contribution in [1.29, 1.82) is 0 Å². The average molecular weight is 192 g/mol. The van der Waals surface area contributed by atoms with Crippen LogP contribution in [0, 0.1) is 6.42 Å². The summed E-state index contributed by atoms with van der Waals surface area (Å²) in [6.45, 7) is 0. The number of carbonyl (C=O) groups excluding carboxylic acids is 2. The summed E-state index contributed by atoms with van der Waals surface area (Å²) >= 11 is 0. The van der Waals surface area contributed by atoms with Crippen LogP contribution in [0.4, 0.5) is 0 Å². The first-order valence-electron chi connectivity index (χ1n) is 3.97. The minimum Gasteiger partial charge on any atom is -0.369 e. The molecule has 1 aromatic rings. The summed E-state index contributed by atoms with van der Waals surface area (Å²) in [6.07, 6.45) is 3.16. The van der Waals surface area contributed by atoms with Crippen molar-refractivity contribution < 1.29 is 9.59 Å². The summed E-state index contributed by atoms with van der Waals surface area (Å²) in [4.78, 5) is 25.0. The number of pyridine rings is 1. The molecule has 0 unspecified atom stereocenters. The SMILES string of the molecule is NC(=O)[CH]Cc1ccnc(C(N)=O)c1. The van der Waals surface area contributed by atoms with E-state index in [0.717, 1.165) is 5.56 Å². The van der Waals surface area contributed by atoms with E-state index in [0.29, 0.717) is 6.42 Å². The summed E-state index contributed by atoms with van der Waals surface area (Å²) in [7, 11) is 0. The molecule has 1 radical (unpaired) electrons. The molecule has 2 amide bonds. The van der Waals surface area contributed by atoms with Crippen molar-refractivity contribution in [2.45, 2.75) is 6.42 Å². The lowest BCUT2D eigenvalue weighted by molar-refractivity contribution is -0.115. The maximum atomic E-state index is 10.7. The molecule has 0 bridgehead atoms. The molecule has 0 aliphatic carbocycles. The fraction of sp³-hybridized carbons (Fsp3) is 0.111. The number of aromatic nitrogens is 1. The lowest BCUT2D eigenvalue weighted by Crippen LogP contribution is -2.14. The van der Waals surface area contributed by atoms with Crippen molar-refractivity contribution in [3.63, 3.8) is 0 Å². The Morgan fingerprint density at radius 3 is 2.71 bits per heavy atom. The number of hydrogen-bond acceptors (Lipinski definition) is 3. The summed E-state index contributed by atoms with van der Waals surface area (Å²) in [5.74, 6) is -1.09. The van der Waals surface area contributed by atoms with Crippen LogP contribution >= 0.6 is 0 Å². The normalized spacial score (nSPS) is 9.71. The molecule has 73 valence electrons. The van der Waals surface area contributed by atoms with Gasteiger partial charge in [0.05, 0.1) is 6.42 Å². The summed E-state index contributed by atoms with van der Waals surface area (Å²) in [5.41, 5.74) is 10.9. The van der Waals surface area contributed by atoms with Gasteiger partial charge in [0, 0.05) is 6.20 Å². The number of nitrogens with two attached hydrogens (primary N) is 2. The Bertz CT molecular complexity index is 363. The maximum absolute atomic E-state index is 10.7. The lowest BCUT2D eigenvalue weighted by Gasteiger charge is -1.99. The number of hydrogen-bond donors (Lipinski definition) is 2. The third-order valence-corrected chi connectivity index (χ3v) is 1.62. The summed E-state index contributed by atoms with van der Waals surface area (Å²) in [5, 5.41) is 0. The Hall–Kier alpha value is -1.91. The van der Waals surface area contributed by atoms with Crippen LogP contribution in [0.3, 0.4) is 0 Å². The molecule has 14 heavy (non-hydrogen) atoms. The van der Waals surface area contributed by atoms with Gasteiger partial charge in [-0.25, -0.2) is 0 Å². The molecule has 0 aliphatic heterocycles. The van der Waals surface area contributed by atoms with Crippen LogP contribution < -0.4 is 11.5 Å². The molecule has 1 aromatic heterocycles. The first-order valence-corrected chi connectivity index (χ1v) is 3.97. The molecule has 1 heterocycles. The summed E-state index contributed by atoms with van der Waals surface area (Å²) in [6, 6.07) is 3.22. The second-order valence-electron chi connectivity index (χ2n) is 2.72. The minimum atomic E-state index is -0.592. The van der Waals surface area contributed by atoms with Crippen molar-refractivity contribution in [3.8, 4) is 0 Å². The van der Waals surface area contributed by atoms with Crippen molar-refractivity contribution in [3.05, 3.63) is 36.0 Å². The van der Waals surface area contributed by atoms with Crippen molar-refractivity contribution in [1.82, 2.24) is 4.98 Å². The molecule has 5 nitrogen and oxygen atoms in total. The van der Waals surface area contributed by atoms with Crippen molar-refractivity contribution >= 4 is 11.8 Å². The fourth-order valence-corrected chi connectivity index (χ4v) is 0.954. The van der Waals surface area contributed by atoms with Crippen LogP contribution in [0.5, 0.6) is 0 Å². The second kappa shape index (κ2) is 4.36. The Morgan fingerprint density at radius 1 is 1.43 bits per heavy atom. The van der Waals surface area contributed by atoms with Crippen LogP contribution in [0.15, 0.2) is 18.3 Å². The van der Waals surface area contributed by atoms with E-state index in [9.17, 15) is 9.59 Å². The predicted octanol–water partition coefficient (Wildman–Crippen LogP) is -0.587. The standard InChI is InChI=1S/C9H10N3O2/c10-8(13)2-1-6-3-4-12-7(5-6)9(11)14/h2-5H,1H2,(H2,10,13)(H2,11,14). The highest BCUT2D eigenvalue weighted by atomic mass is 16.1. The zero-order valence-corrected chi connectivity index (χ0v) is 7.43. The average Bonchev–Trinajstić information content (AvgIpc) is 2.15. The predicted molar refractivity (Wildman–Crippen MR) is 50.0 cm³/mol. The largest absolute Gasteiger partial charge is 0.369 e. The highest BCUT2D eigenvalue weighted by Crippen LogP contribution is 2.03. The van der Waals surface area contributed by atoms with Gasteiger partial charge in [-0.2, -0.15) is 0 Å². The Kier molecular flexibility index (Phi) is 3.17. The first-order chi connectivity index (χ1) is 6.59. The number of nitrogens with zero attached hydrogens (tertiary/aromatic N) is 1. The molecule has 0 aliphatic rings. The first kappa shape index (κ1) is 10.2. The van der Waals surface area contributed by atoms with Gasteiger partial charge in [-0.3, -0.25) is 14.6 Å². The van der Waals surface area contributed by atoms with Gasteiger partial charge in [0.2, 0.25) is 5.91 Å². The molecule has 1 rings (SSSR count). The van der Waals surface area contributed by atoms with Crippen LogP contribution in [0.2, 0.25) is 0 Å². The number of amides is 2. The highest BCUT2D eigenvalue weighted by molar-refractivity contribution is 5.91. The molecule has 0 saturated heterocycles. The Balaban J connectivity index is 2.73. The van der Waals surface area contributed by atoms with Crippen molar-refractivity contribution in [2.24, 2.45) is 11.5 Å². The zero-order chi connectivity index (χ0) is 10.6. The van der Waals surface area contributed by atoms with Gasteiger partial charge in [0.15, 0.2) is 0 Å². The smallest absolute Gasteiger partial charge is 0.267 e. The number of primary amides is 2. The third-order valence-electron chi connectivity index (χ3n) is 1.62. The number of rotatable bonds is 4. The van der Waals surface area contributed by atoms with Gasteiger partial charge in [0.25, 0.3) is 5.91 Å². The highest BCUT2D eigenvalue weighted by Gasteiger charge is 2.03. The van der Waals surface area contributed by atoms with Crippen LogP contribution in [-0.4, -0.2) is 16.8 Å². The monoisotopic (exact) mass is 192 g/mol. The fourth-order valence-electron chi connectivity index (χ4n) is 0.954. The second-order valence-corrected chi connectivity index (χ2v) is 2.72. The van der Waals surface area contributed by atoms with E-state index >= 15 is 0 Å². The van der Waals surface area contributed by atoms with E-state index in [1.165, 1.54) is 18.7 Å². The molecule has 0 atom stereocenters.